The van der Waals surface area contributed by atoms with Gasteiger partial charge in [0.2, 0.25) is 0 Å². The second-order valence-corrected chi connectivity index (χ2v) is 4.41. The van der Waals surface area contributed by atoms with Gasteiger partial charge in [-0.1, -0.05) is 13.8 Å². The van der Waals surface area contributed by atoms with E-state index in [0.717, 1.165) is 41.7 Å². The number of hydrogen-bond donors (Lipinski definition) is 1. The van der Waals surface area contributed by atoms with Crippen LogP contribution in [0.5, 0.6) is 0 Å². The van der Waals surface area contributed by atoms with E-state index in [9.17, 15) is 10.1 Å². The van der Waals surface area contributed by atoms with E-state index in [1.807, 2.05) is 6.07 Å². The Hall–Kier alpha value is -2.17. The highest BCUT2D eigenvalue weighted by Gasteiger charge is 2.10. The van der Waals surface area contributed by atoms with Crippen LogP contribution in [-0.2, 0) is 6.42 Å². The first-order chi connectivity index (χ1) is 9.15. The average Bonchev–Trinajstić information content (AvgIpc) is 2.43. The van der Waals surface area contributed by atoms with E-state index in [1.54, 1.807) is 12.1 Å². The van der Waals surface area contributed by atoms with Crippen LogP contribution >= 0.6 is 0 Å². The molecule has 0 saturated carbocycles. The van der Waals surface area contributed by atoms with Gasteiger partial charge in [0.1, 0.15) is 5.82 Å². The minimum absolute atomic E-state index is 0.102. The summed E-state index contributed by atoms with van der Waals surface area (Å²) in [5, 5.41) is 14.9. The van der Waals surface area contributed by atoms with Gasteiger partial charge < -0.3 is 5.32 Å². The van der Waals surface area contributed by atoms with Crippen molar-refractivity contribution in [3.8, 4) is 0 Å². The first kappa shape index (κ1) is 13.3. The number of fused-ring (bicyclic) bond motifs is 1. The predicted molar refractivity (Wildman–Crippen MR) is 76.6 cm³/mol. The Morgan fingerprint density at radius 3 is 2.74 bits per heavy atom. The molecule has 5 heteroatoms. The minimum Gasteiger partial charge on any atom is -0.370 e. The highest BCUT2D eigenvalue weighted by atomic mass is 16.6. The molecular weight excluding hydrogens is 242 g/mol. The number of nitro groups is 1. The lowest BCUT2D eigenvalue weighted by molar-refractivity contribution is -0.384. The molecule has 0 fully saturated rings. The van der Waals surface area contributed by atoms with Crippen LogP contribution in [0.15, 0.2) is 24.3 Å². The molecule has 1 aromatic carbocycles. The molecule has 0 aliphatic heterocycles. The Bertz CT molecular complexity index is 611. The van der Waals surface area contributed by atoms with Crippen LogP contribution in [-0.4, -0.2) is 16.5 Å². The molecule has 1 aromatic heterocycles. The van der Waals surface area contributed by atoms with Crippen LogP contribution in [0, 0.1) is 10.1 Å². The van der Waals surface area contributed by atoms with E-state index in [4.69, 9.17) is 0 Å². The van der Waals surface area contributed by atoms with Gasteiger partial charge in [0, 0.05) is 24.1 Å². The number of rotatable bonds is 5. The second-order valence-electron chi connectivity index (χ2n) is 4.41. The maximum atomic E-state index is 10.8. The fraction of sp³-hybridized carbons (Fsp3) is 0.357. The van der Waals surface area contributed by atoms with E-state index in [2.05, 4.69) is 24.1 Å². The normalized spacial score (nSPS) is 10.6. The predicted octanol–water partition coefficient (Wildman–Crippen LogP) is 3.53. The van der Waals surface area contributed by atoms with Gasteiger partial charge in [-0.3, -0.25) is 10.1 Å². The quantitative estimate of drug-likeness (QED) is 0.658. The molecule has 0 radical (unpaired) electrons. The topological polar surface area (TPSA) is 68.1 Å². The van der Waals surface area contributed by atoms with Gasteiger partial charge in [0.25, 0.3) is 5.69 Å². The SMILES string of the molecule is CCCNc1nc2ccc([N+](=O)[O-])cc2cc1CC. The zero-order valence-corrected chi connectivity index (χ0v) is 11.1. The standard InChI is InChI=1S/C14H17N3O2/c1-3-7-15-14-10(4-2)8-11-9-12(17(18)19)5-6-13(11)16-14/h5-6,8-9H,3-4,7H2,1-2H3,(H,15,16). The molecule has 0 amide bonds. The van der Waals surface area contributed by atoms with E-state index >= 15 is 0 Å². The summed E-state index contributed by atoms with van der Waals surface area (Å²) < 4.78 is 0. The number of hydrogen-bond acceptors (Lipinski definition) is 4. The third kappa shape index (κ3) is 2.81. The fourth-order valence-electron chi connectivity index (χ4n) is 1.99. The van der Waals surface area contributed by atoms with Gasteiger partial charge in [0.15, 0.2) is 0 Å². The molecule has 2 aromatic rings. The molecule has 0 saturated heterocycles. The monoisotopic (exact) mass is 259 g/mol. The molecule has 0 aliphatic carbocycles. The van der Waals surface area contributed by atoms with Gasteiger partial charge in [-0.15, -0.1) is 0 Å². The van der Waals surface area contributed by atoms with E-state index in [0.29, 0.717) is 0 Å². The lowest BCUT2D eigenvalue weighted by Crippen LogP contribution is -2.05. The molecule has 2 rings (SSSR count). The molecule has 0 bridgehead atoms. The number of aryl methyl sites for hydroxylation is 1. The summed E-state index contributed by atoms with van der Waals surface area (Å²) >= 11 is 0. The van der Waals surface area contributed by atoms with E-state index in [-0.39, 0.29) is 10.6 Å². The highest BCUT2D eigenvalue weighted by Crippen LogP contribution is 2.24. The Morgan fingerprint density at radius 1 is 1.32 bits per heavy atom. The molecule has 0 spiro atoms. The van der Waals surface area contributed by atoms with Gasteiger partial charge in [-0.25, -0.2) is 4.98 Å². The largest absolute Gasteiger partial charge is 0.370 e. The van der Waals surface area contributed by atoms with Crippen LogP contribution in [0.2, 0.25) is 0 Å². The summed E-state index contributed by atoms with van der Waals surface area (Å²) in [7, 11) is 0. The Labute approximate surface area is 111 Å². The molecule has 0 atom stereocenters. The Balaban J connectivity index is 2.50. The van der Waals surface area contributed by atoms with Crippen LogP contribution in [0.1, 0.15) is 25.8 Å². The van der Waals surface area contributed by atoms with E-state index in [1.165, 1.54) is 6.07 Å². The number of aromatic nitrogens is 1. The molecule has 19 heavy (non-hydrogen) atoms. The zero-order chi connectivity index (χ0) is 13.8. The van der Waals surface area contributed by atoms with Crippen molar-refractivity contribution in [3.63, 3.8) is 0 Å². The summed E-state index contributed by atoms with van der Waals surface area (Å²) in [6.45, 7) is 5.03. The Kier molecular flexibility index (Phi) is 3.94. The molecule has 1 N–H and O–H groups in total. The molecule has 100 valence electrons. The third-order valence-corrected chi connectivity index (χ3v) is 3.01. The van der Waals surface area contributed by atoms with Crippen molar-refractivity contribution in [1.82, 2.24) is 4.98 Å². The number of benzene rings is 1. The number of anilines is 1. The first-order valence-electron chi connectivity index (χ1n) is 6.47. The molecule has 5 nitrogen and oxygen atoms in total. The summed E-state index contributed by atoms with van der Waals surface area (Å²) in [6.07, 6.45) is 1.88. The maximum Gasteiger partial charge on any atom is 0.270 e. The summed E-state index contributed by atoms with van der Waals surface area (Å²) in [5.74, 6) is 0.880. The Morgan fingerprint density at radius 2 is 2.11 bits per heavy atom. The smallest absolute Gasteiger partial charge is 0.270 e. The van der Waals surface area contributed by atoms with Crippen molar-refractivity contribution in [2.45, 2.75) is 26.7 Å². The van der Waals surface area contributed by atoms with Crippen LogP contribution < -0.4 is 5.32 Å². The van der Waals surface area contributed by atoms with Crippen molar-refractivity contribution < 1.29 is 4.92 Å². The highest BCUT2D eigenvalue weighted by molar-refractivity contribution is 5.83. The van der Waals surface area contributed by atoms with E-state index < -0.39 is 0 Å². The van der Waals surface area contributed by atoms with Gasteiger partial charge in [0.05, 0.1) is 10.4 Å². The van der Waals surface area contributed by atoms with Crippen LogP contribution in [0.25, 0.3) is 10.9 Å². The van der Waals surface area contributed by atoms with Crippen molar-refractivity contribution in [3.05, 3.63) is 39.9 Å². The molecule has 1 heterocycles. The molecule has 0 aliphatic rings. The van der Waals surface area contributed by atoms with Crippen molar-refractivity contribution in [2.24, 2.45) is 0 Å². The molecular formula is C14H17N3O2. The third-order valence-electron chi connectivity index (χ3n) is 3.01. The number of pyridine rings is 1. The number of nitrogens with one attached hydrogen (secondary N) is 1. The lowest BCUT2D eigenvalue weighted by Gasteiger charge is -2.10. The summed E-state index contributed by atoms with van der Waals surface area (Å²) in [5.41, 5.74) is 1.97. The van der Waals surface area contributed by atoms with Crippen LogP contribution in [0.4, 0.5) is 11.5 Å². The van der Waals surface area contributed by atoms with Crippen LogP contribution in [0.3, 0.4) is 0 Å². The lowest BCUT2D eigenvalue weighted by atomic mass is 10.1. The average molecular weight is 259 g/mol. The number of nitro benzene ring substituents is 1. The number of non-ortho nitro benzene ring substituents is 1. The van der Waals surface area contributed by atoms with Gasteiger partial charge >= 0.3 is 0 Å². The fourth-order valence-corrected chi connectivity index (χ4v) is 1.99. The van der Waals surface area contributed by atoms with Crippen molar-refractivity contribution in [1.29, 1.82) is 0 Å². The minimum atomic E-state index is -0.381. The van der Waals surface area contributed by atoms with Gasteiger partial charge in [-0.2, -0.15) is 0 Å². The maximum absolute atomic E-state index is 10.8. The summed E-state index contributed by atoms with van der Waals surface area (Å²) in [6, 6.07) is 6.74. The molecule has 0 unspecified atom stereocenters. The van der Waals surface area contributed by atoms with Crippen molar-refractivity contribution >= 4 is 22.4 Å². The first-order valence-corrected chi connectivity index (χ1v) is 6.47. The zero-order valence-electron chi connectivity index (χ0n) is 11.1. The van der Waals surface area contributed by atoms with Gasteiger partial charge in [-0.05, 0) is 30.5 Å². The van der Waals surface area contributed by atoms with Crippen molar-refractivity contribution in [2.75, 3.05) is 11.9 Å². The number of nitrogens with zero attached hydrogens (tertiary/aromatic N) is 2. The summed E-state index contributed by atoms with van der Waals surface area (Å²) in [4.78, 5) is 14.9. The second kappa shape index (κ2) is 5.65.